The summed E-state index contributed by atoms with van der Waals surface area (Å²) < 4.78 is 7.38. The molecule has 3 heterocycles. The number of amides is 1. The van der Waals surface area contributed by atoms with Gasteiger partial charge in [0, 0.05) is 17.5 Å². The molecule has 7 nitrogen and oxygen atoms in total. The van der Waals surface area contributed by atoms with Gasteiger partial charge in [-0.2, -0.15) is 0 Å². The van der Waals surface area contributed by atoms with E-state index < -0.39 is 0 Å². The van der Waals surface area contributed by atoms with E-state index in [0.29, 0.717) is 22.4 Å². The van der Waals surface area contributed by atoms with Crippen LogP contribution in [0.3, 0.4) is 0 Å². The lowest BCUT2D eigenvalue weighted by Gasteiger charge is -2.09. The summed E-state index contributed by atoms with van der Waals surface area (Å²) in [5.74, 6) is 1.56. The molecule has 158 valence electrons. The standard InChI is InChI=1S/C22H20N4O3S2/c1-14-18(10-11-29-14)21-24-25-22(26(21)16-6-4-3-5-7-16)30-13-19(28)20-9-8-17(31-20)12-23-15(2)27/h3-11H,12-13H2,1-2H3,(H,23,27). The number of para-hydroxylation sites is 1. The largest absolute Gasteiger partial charge is 0.469 e. The molecule has 0 atom stereocenters. The Kier molecular flexibility index (Phi) is 6.34. The van der Waals surface area contributed by atoms with Crippen LogP contribution in [0.2, 0.25) is 0 Å². The van der Waals surface area contributed by atoms with Crippen molar-refractivity contribution in [3.8, 4) is 17.1 Å². The summed E-state index contributed by atoms with van der Waals surface area (Å²) in [4.78, 5) is 25.4. The van der Waals surface area contributed by atoms with Crippen molar-refractivity contribution in [3.63, 3.8) is 0 Å². The first-order valence-electron chi connectivity index (χ1n) is 9.57. The molecule has 1 aromatic carbocycles. The van der Waals surface area contributed by atoms with Crippen molar-refractivity contribution in [2.24, 2.45) is 0 Å². The van der Waals surface area contributed by atoms with Gasteiger partial charge in [-0.25, -0.2) is 0 Å². The molecular formula is C22H20N4O3S2. The van der Waals surface area contributed by atoms with Crippen LogP contribution < -0.4 is 5.32 Å². The molecule has 0 aliphatic carbocycles. The minimum atomic E-state index is -0.0965. The van der Waals surface area contributed by atoms with Gasteiger partial charge in [0.2, 0.25) is 5.91 Å². The Bertz CT molecular complexity index is 1210. The average Bonchev–Trinajstić information content (AvgIpc) is 3.50. The van der Waals surface area contributed by atoms with Gasteiger partial charge >= 0.3 is 0 Å². The number of carbonyl (C=O) groups excluding carboxylic acids is 2. The zero-order valence-electron chi connectivity index (χ0n) is 17.0. The summed E-state index contributed by atoms with van der Waals surface area (Å²) in [5.41, 5.74) is 1.77. The van der Waals surface area contributed by atoms with Gasteiger partial charge in [-0.1, -0.05) is 30.0 Å². The molecule has 1 N–H and O–H groups in total. The predicted molar refractivity (Wildman–Crippen MR) is 121 cm³/mol. The highest BCUT2D eigenvalue weighted by molar-refractivity contribution is 7.99. The Morgan fingerprint density at radius 2 is 1.94 bits per heavy atom. The number of benzene rings is 1. The molecule has 4 rings (SSSR count). The van der Waals surface area contributed by atoms with Gasteiger partial charge in [-0.15, -0.1) is 21.5 Å². The van der Waals surface area contributed by atoms with E-state index in [-0.39, 0.29) is 17.4 Å². The fourth-order valence-corrected chi connectivity index (χ4v) is 4.81. The third kappa shape index (κ3) is 4.78. The first kappa shape index (κ1) is 21.1. The maximum atomic E-state index is 12.7. The highest BCUT2D eigenvalue weighted by atomic mass is 32.2. The Morgan fingerprint density at radius 3 is 2.65 bits per heavy atom. The number of thiophene rings is 1. The summed E-state index contributed by atoms with van der Waals surface area (Å²) >= 11 is 2.73. The van der Waals surface area contributed by atoms with Gasteiger partial charge in [0.25, 0.3) is 0 Å². The van der Waals surface area contributed by atoms with E-state index in [1.54, 1.807) is 12.3 Å². The number of nitrogens with zero attached hydrogens (tertiary/aromatic N) is 3. The highest BCUT2D eigenvalue weighted by Crippen LogP contribution is 2.30. The molecule has 0 saturated carbocycles. The first-order chi connectivity index (χ1) is 15.0. The van der Waals surface area contributed by atoms with Crippen LogP contribution in [0.15, 0.2) is 64.4 Å². The lowest BCUT2D eigenvalue weighted by Crippen LogP contribution is -2.18. The van der Waals surface area contributed by atoms with Crippen LogP contribution in [0.25, 0.3) is 17.1 Å². The van der Waals surface area contributed by atoms with E-state index in [0.717, 1.165) is 21.9 Å². The van der Waals surface area contributed by atoms with E-state index in [2.05, 4.69) is 15.5 Å². The molecule has 1 amide bonds. The second kappa shape index (κ2) is 9.32. The monoisotopic (exact) mass is 452 g/mol. The molecule has 31 heavy (non-hydrogen) atoms. The number of rotatable bonds is 8. The average molecular weight is 453 g/mol. The SMILES string of the molecule is CC(=O)NCc1ccc(C(=O)CSc2nnc(-c3ccoc3C)n2-c2ccccc2)s1. The Labute approximate surface area is 187 Å². The second-order valence-corrected chi connectivity index (χ2v) is 8.87. The maximum absolute atomic E-state index is 12.7. The van der Waals surface area contributed by atoms with Crippen molar-refractivity contribution in [1.82, 2.24) is 20.1 Å². The van der Waals surface area contributed by atoms with E-state index in [1.807, 2.05) is 54.0 Å². The molecule has 0 spiro atoms. The van der Waals surface area contributed by atoms with Crippen LogP contribution in [-0.4, -0.2) is 32.2 Å². The minimum absolute atomic E-state index is 0.00716. The normalized spacial score (nSPS) is 10.9. The number of ketones is 1. The van der Waals surface area contributed by atoms with Gasteiger partial charge in [0.1, 0.15) is 5.76 Å². The van der Waals surface area contributed by atoms with Crippen LogP contribution in [-0.2, 0) is 11.3 Å². The summed E-state index contributed by atoms with van der Waals surface area (Å²) in [6, 6.07) is 15.3. The van der Waals surface area contributed by atoms with Crippen LogP contribution >= 0.6 is 23.1 Å². The molecule has 0 unspecified atom stereocenters. The second-order valence-electron chi connectivity index (χ2n) is 6.76. The molecule has 0 aliphatic heterocycles. The van der Waals surface area contributed by atoms with E-state index in [9.17, 15) is 9.59 Å². The molecule has 0 bridgehead atoms. The zero-order valence-corrected chi connectivity index (χ0v) is 18.6. The predicted octanol–water partition coefficient (Wildman–Crippen LogP) is 4.51. The Morgan fingerprint density at radius 1 is 1.13 bits per heavy atom. The third-order valence-corrected chi connectivity index (χ3v) is 6.58. The number of hydrogen-bond acceptors (Lipinski definition) is 7. The third-order valence-electron chi connectivity index (χ3n) is 4.53. The Hall–Kier alpha value is -3.17. The van der Waals surface area contributed by atoms with Crippen molar-refractivity contribution in [1.29, 1.82) is 0 Å². The number of furan rings is 1. The fourth-order valence-electron chi connectivity index (χ4n) is 3.00. The number of Topliss-reactive ketones (excluding diaryl/α,β-unsaturated/α-hetero) is 1. The minimum Gasteiger partial charge on any atom is -0.469 e. The van der Waals surface area contributed by atoms with Crippen LogP contribution in [0, 0.1) is 6.92 Å². The van der Waals surface area contributed by atoms with Crippen molar-refractivity contribution < 1.29 is 14.0 Å². The van der Waals surface area contributed by atoms with Gasteiger partial charge in [-0.05, 0) is 37.3 Å². The van der Waals surface area contributed by atoms with Crippen LogP contribution in [0.4, 0.5) is 0 Å². The van der Waals surface area contributed by atoms with E-state index in [1.165, 1.54) is 30.0 Å². The summed E-state index contributed by atoms with van der Waals surface area (Å²) in [6.07, 6.45) is 1.63. The van der Waals surface area contributed by atoms with Gasteiger partial charge in [-0.3, -0.25) is 14.2 Å². The molecule has 3 aromatic heterocycles. The van der Waals surface area contributed by atoms with E-state index >= 15 is 0 Å². The molecule has 0 aliphatic rings. The summed E-state index contributed by atoms with van der Waals surface area (Å²) in [5, 5.41) is 12.1. The van der Waals surface area contributed by atoms with Crippen molar-refractivity contribution in [3.05, 3.63) is 70.3 Å². The molecule has 0 radical (unpaired) electrons. The maximum Gasteiger partial charge on any atom is 0.217 e. The van der Waals surface area contributed by atoms with Crippen LogP contribution in [0.5, 0.6) is 0 Å². The van der Waals surface area contributed by atoms with Crippen molar-refractivity contribution in [2.75, 3.05) is 5.75 Å². The number of aromatic nitrogens is 3. The first-order valence-corrected chi connectivity index (χ1v) is 11.4. The number of nitrogens with one attached hydrogen (secondary N) is 1. The number of carbonyl (C=O) groups is 2. The molecule has 4 aromatic rings. The lowest BCUT2D eigenvalue weighted by atomic mass is 10.2. The lowest BCUT2D eigenvalue weighted by molar-refractivity contribution is -0.119. The number of aryl methyl sites for hydroxylation is 1. The van der Waals surface area contributed by atoms with E-state index in [4.69, 9.17) is 4.42 Å². The van der Waals surface area contributed by atoms with Gasteiger partial charge < -0.3 is 9.73 Å². The number of thioether (sulfide) groups is 1. The van der Waals surface area contributed by atoms with Gasteiger partial charge in [0.05, 0.1) is 29.0 Å². The molecule has 0 saturated heterocycles. The summed E-state index contributed by atoms with van der Waals surface area (Å²) in [6.45, 7) is 3.78. The Balaban J connectivity index is 1.55. The van der Waals surface area contributed by atoms with Crippen molar-refractivity contribution in [2.45, 2.75) is 25.5 Å². The fraction of sp³-hybridized carbons (Fsp3) is 0.182. The molecule has 0 fully saturated rings. The zero-order chi connectivity index (χ0) is 21.8. The van der Waals surface area contributed by atoms with Crippen molar-refractivity contribution >= 4 is 34.8 Å². The van der Waals surface area contributed by atoms with Crippen LogP contribution in [0.1, 0.15) is 27.2 Å². The summed E-state index contributed by atoms with van der Waals surface area (Å²) in [7, 11) is 0. The quantitative estimate of drug-likeness (QED) is 0.313. The number of hydrogen-bond donors (Lipinski definition) is 1. The topological polar surface area (TPSA) is 90.0 Å². The highest BCUT2D eigenvalue weighted by Gasteiger charge is 2.20. The smallest absolute Gasteiger partial charge is 0.217 e. The molecular weight excluding hydrogens is 432 g/mol. The van der Waals surface area contributed by atoms with Gasteiger partial charge in [0.15, 0.2) is 16.8 Å². The molecule has 9 heteroatoms.